The molecule has 6 heteroatoms. The Morgan fingerprint density at radius 2 is 1.80 bits per heavy atom. The van der Waals surface area contributed by atoms with E-state index in [1.165, 1.54) is 0 Å². The first kappa shape index (κ1) is 14.2. The van der Waals surface area contributed by atoms with Crippen LogP contribution in [0.25, 0.3) is 0 Å². The topological polar surface area (TPSA) is 65.7 Å². The number of benzene rings is 1. The van der Waals surface area contributed by atoms with Crippen LogP contribution in [0, 0.1) is 6.92 Å². The zero-order valence-electron chi connectivity index (χ0n) is 12.0. The van der Waals surface area contributed by atoms with E-state index in [-0.39, 0.29) is 6.61 Å². The van der Waals surface area contributed by atoms with E-state index in [0.717, 1.165) is 5.69 Å². The van der Waals surface area contributed by atoms with Crippen molar-refractivity contribution in [1.29, 1.82) is 0 Å². The summed E-state index contributed by atoms with van der Waals surface area (Å²) in [5.74, 6) is 2.02. The highest BCUT2D eigenvalue weighted by atomic mass is 16.5. The van der Waals surface area contributed by atoms with Crippen molar-refractivity contribution in [2.24, 2.45) is 7.05 Å². The number of ether oxygens (including phenoxy) is 3. The van der Waals surface area contributed by atoms with E-state index in [1.807, 2.05) is 13.0 Å². The molecule has 0 saturated carbocycles. The van der Waals surface area contributed by atoms with Gasteiger partial charge < -0.3 is 19.3 Å². The molecule has 0 saturated heterocycles. The van der Waals surface area contributed by atoms with E-state index in [1.54, 1.807) is 38.1 Å². The zero-order valence-corrected chi connectivity index (χ0v) is 12.0. The van der Waals surface area contributed by atoms with Crippen LogP contribution in [-0.4, -0.2) is 29.1 Å². The van der Waals surface area contributed by atoms with Gasteiger partial charge in [-0.1, -0.05) is 6.07 Å². The van der Waals surface area contributed by atoms with Crippen LogP contribution in [0.2, 0.25) is 0 Å². The first-order chi connectivity index (χ1) is 9.62. The third-order valence-electron chi connectivity index (χ3n) is 3.03. The molecule has 0 spiro atoms. The molecule has 6 nitrogen and oxygen atoms in total. The number of hydrogen-bond acceptors (Lipinski definition) is 5. The fraction of sp³-hybridized carbons (Fsp3) is 0.357. The zero-order chi connectivity index (χ0) is 14.7. The molecule has 2 aromatic rings. The lowest BCUT2D eigenvalue weighted by Gasteiger charge is -2.14. The molecule has 1 N–H and O–H groups in total. The molecular formula is C14H18N2O4. The standard InChI is InChI=1S/C14H18N2O4/c1-9-10(8-17)14(16(2)15-9)20-13-11(18-3)6-5-7-12(13)19-4/h5-7,17H,8H2,1-4H3. The molecule has 1 aromatic carbocycles. The summed E-state index contributed by atoms with van der Waals surface area (Å²) in [6, 6.07) is 5.37. The fourth-order valence-electron chi connectivity index (χ4n) is 2.00. The smallest absolute Gasteiger partial charge is 0.223 e. The van der Waals surface area contributed by atoms with Gasteiger partial charge in [0.2, 0.25) is 11.6 Å². The quantitative estimate of drug-likeness (QED) is 0.906. The Balaban J connectivity index is 2.49. The molecule has 1 aromatic heterocycles. The summed E-state index contributed by atoms with van der Waals surface area (Å²) in [6.07, 6.45) is 0. The maximum atomic E-state index is 9.45. The average Bonchev–Trinajstić information content (AvgIpc) is 2.72. The second kappa shape index (κ2) is 5.83. The van der Waals surface area contributed by atoms with Crippen LogP contribution in [0.15, 0.2) is 18.2 Å². The van der Waals surface area contributed by atoms with Crippen LogP contribution in [0.4, 0.5) is 0 Å². The number of para-hydroxylation sites is 1. The lowest BCUT2D eigenvalue weighted by Crippen LogP contribution is -2.00. The van der Waals surface area contributed by atoms with E-state index in [0.29, 0.717) is 28.7 Å². The van der Waals surface area contributed by atoms with Crippen LogP contribution in [0.1, 0.15) is 11.3 Å². The first-order valence-corrected chi connectivity index (χ1v) is 6.14. The van der Waals surface area contributed by atoms with E-state index in [9.17, 15) is 5.11 Å². The van der Waals surface area contributed by atoms with Gasteiger partial charge in [0, 0.05) is 7.05 Å². The number of aliphatic hydroxyl groups excluding tert-OH is 1. The van der Waals surface area contributed by atoms with Crippen molar-refractivity contribution in [1.82, 2.24) is 9.78 Å². The molecule has 0 radical (unpaired) electrons. The van der Waals surface area contributed by atoms with Gasteiger partial charge in [0.25, 0.3) is 0 Å². The largest absolute Gasteiger partial charge is 0.493 e. The van der Waals surface area contributed by atoms with Crippen LogP contribution < -0.4 is 14.2 Å². The van der Waals surface area contributed by atoms with Crippen molar-refractivity contribution in [3.63, 3.8) is 0 Å². The second-order valence-electron chi connectivity index (χ2n) is 4.24. The summed E-state index contributed by atoms with van der Waals surface area (Å²) in [6.45, 7) is 1.67. The molecule has 20 heavy (non-hydrogen) atoms. The predicted octanol–water partition coefficient (Wildman–Crippen LogP) is 2.03. The predicted molar refractivity (Wildman–Crippen MR) is 73.5 cm³/mol. The van der Waals surface area contributed by atoms with Gasteiger partial charge in [-0.2, -0.15) is 5.10 Å². The highest BCUT2D eigenvalue weighted by Crippen LogP contribution is 2.41. The molecule has 0 atom stereocenters. The van der Waals surface area contributed by atoms with Gasteiger partial charge in [0.1, 0.15) is 0 Å². The van der Waals surface area contributed by atoms with Crippen molar-refractivity contribution in [3.05, 3.63) is 29.5 Å². The molecule has 0 fully saturated rings. The third-order valence-corrected chi connectivity index (χ3v) is 3.03. The Bertz CT molecular complexity index is 585. The number of hydrogen-bond donors (Lipinski definition) is 1. The molecule has 0 amide bonds. The molecule has 0 aliphatic rings. The van der Waals surface area contributed by atoms with Crippen molar-refractivity contribution >= 4 is 0 Å². The second-order valence-corrected chi connectivity index (χ2v) is 4.24. The molecule has 0 aliphatic heterocycles. The van der Waals surface area contributed by atoms with E-state index >= 15 is 0 Å². The molecule has 108 valence electrons. The normalized spacial score (nSPS) is 10.4. The molecule has 0 unspecified atom stereocenters. The summed E-state index contributed by atoms with van der Waals surface area (Å²) in [4.78, 5) is 0. The molecule has 2 rings (SSSR count). The van der Waals surface area contributed by atoms with Crippen molar-refractivity contribution in [2.75, 3.05) is 14.2 Å². The molecule has 0 bridgehead atoms. The third kappa shape index (κ3) is 2.42. The minimum atomic E-state index is -0.146. The van der Waals surface area contributed by atoms with E-state index < -0.39 is 0 Å². The lowest BCUT2D eigenvalue weighted by molar-refractivity contribution is 0.271. The summed E-state index contributed by atoms with van der Waals surface area (Å²) >= 11 is 0. The summed E-state index contributed by atoms with van der Waals surface area (Å²) in [7, 11) is 4.87. The maximum Gasteiger partial charge on any atom is 0.223 e. The van der Waals surface area contributed by atoms with Gasteiger partial charge in [0.05, 0.1) is 32.1 Å². The van der Waals surface area contributed by atoms with Crippen molar-refractivity contribution in [2.45, 2.75) is 13.5 Å². The number of aliphatic hydroxyl groups is 1. The van der Waals surface area contributed by atoms with Gasteiger partial charge in [-0.25, -0.2) is 4.68 Å². The number of rotatable bonds is 5. The SMILES string of the molecule is COc1cccc(OC)c1Oc1c(CO)c(C)nn1C. The monoisotopic (exact) mass is 278 g/mol. The summed E-state index contributed by atoms with van der Waals surface area (Å²) < 4.78 is 18.0. The minimum Gasteiger partial charge on any atom is -0.493 e. The highest BCUT2D eigenvalue weighted by Gasteiger charge is 2.19. The molecule has 0 aliphatic carbocycles. The van der Waals surface area contributed by atoms with Gasteiger partial charge in [-0.15, -0.1) is 0 Å². The lowest BCUT2D eigenvalue weighted by atomic mass is 10.2. The number of methoxy groups -OCH3 is 2. The molecule has 1 heterocycles. The number of nitrogens with zero attached hydrogens (tertiary/aromatic N) is 2. The number of aromatic nitrogens is 2. The highest BCUT2D eigenvalue weighted by molar-refractivity contribution is 5.53. The Kier molecular flexibility index (Phi) is 4.14. The molecular weight excluding hydrogens is 260 g/mol. The number of aryl methyl sites for hydroxylation is 2. The minimum absolute atomic E-state index is 0.146. The summed E-state index contributed by atoms with van der Waals surface area (Å²) in [5.41, 5.74) is 1.36. The van der Waals surface area contributed by atoms with Gasteiger partial charge in [-0.3, -0.25) is 0 Å². The van der Waals surface area contributed by atoms with Crippen molar-refractivity contribution < 1.29 is 19.3 Å². The Labute approximate surface area is 117 Å². The van der Waals surface area contributed by atoms with Crippen molar-refractivity contribution in [3.8, 4) is 23.1 Å². The summed E-state index contributed by atoms with van der Waals surface area (Å²) in [5, 5.41) is 13.7. The van der Waals surface area contributed by atoms with Crippen LogP contribution >= 0.6 is 0 Å². The van der Waals surface area contributed by atoms with E-state index in [2.05, 4.69) is 5.10 Å². The van der Waals surface area contributed by atoms with Gasteiger partial charge in [-0.05, 0) is 19.1 Å². The Morgan fingerprint density at radius 1 is 1.20 bits per heavy atom. The van der Waals surface area contributed by atoms with Crippen LogP contribution in [0.5, 0.6) is 23.1 Å². The maximum absolute atomic E-state index is 9.45. The fourth-order valence-corrected chi connectivity index (χ4v) is 2.00. The average molecular weight is 278 g/mol. The van der Waals surface area contributed by atoms with Crippen LogP contribution in [-0.2, 0) is 13.7 Å². The Morgan fingerprint density at radius 3 is 2.30 bits per heavy atom. The van der Waals surface area contributed by atoms with Gasteiger partial charge >= 0.3 is 0 Å². The van der Waals surface area contributed by atoms with E-state index in [4.69, 9.17) is 14.2 Å². The van der Waals surface area contributed by atoms with Crippen LogP contribution in [0.3, 0.4) is 0 Å². The van der Waals surface area contributed by atoms with Gasteiger partial charge in [0.15, 0.2) is 11.5 Å². The first-order valence-electron chi connectivity index (χ1n) is 6.14. The Hall–Kier alpha value is -2.21.